The Morgan fingerprint density at radius 3 is 2.40 bits per heavy atom. The van der Waals surface area contributed by atoms with Crippen molar-refractivity contribution < 1.29 is 24.1 Å². The number of aliphatic hydroxyl groups is 1. The molecule has 204 valence electrons. The van der Waals surface area contributed by atoms with Crippen LogP contribution < -0.4 is 24.5 Å². The number of hydrogen-bond acceptors (Lipinski definition) is 7. The Balaban J connectivity index is 1.65. The van der Waals surface area contributed by atoms with Crippen molar-refractivity contribution in [3.05, 3.63) is 111 Å². The molecule has 3 aromatic carbocycles. The fraction of sp³-hybridized carbons (Fsp3) is 0.312. The van der Waals surface area contributed by atoms with Gasteiger partial charge in [0, 0.05) is 30.7 Å². The van der Waals surface area contributed by atoms with Crippen molar-refractivity contribution in [3.63, 3.8) is 0 Å². The normalized spacial score (nSPS) is 23.9. The van der Waals surface area contributed by atoms with Crippen LogP contribution in [-0.2, 0) is 24.2 Å². The van der Waals surface area contributed by atoms with Crippen LogP contribution >= 0.6 is 0 Å². The molecular weight excluding hydrogens is 508 g/mol. The van der Waals surface area contributed by atoms with Gasteiger partial charge in [-0.2, -0.15) is 0 Å². The summed E-state index contributed by atoms with van der Waals surface area (Å²) in [5, 5.41) is 13.3. The summed E-state index contributed by atoms with van der Waals surface area (Å²) < 4.78 is 25.6. The van der Waals surface area contributed by atoms with Crippen LogP contribution in [0.5, 0.6) is 23.0 Å². The molecule has 0 saturated carbocycles. The maximum absolute atomic E-state index is 14.4. The molecule has 3 unspecified atom stereocenters. The van der Waals surface area contributed by atoms with Crippen molar-refractivity contribution in [3.8, 4) is 23.0 Å². The SMILES string of the molecule is COc1ccc(C23Oc4cc(OC)cc(OC)c4C2(O)c2nc4n(c(=O)c2C3c2ccccc2)CCCC4)cc1. The number of hydrogen-bond donors (Lipinski definition) is 1. The first kappa shape index (κ1) is 24.7. The van der Waals surface area contributed by atoms with E-state index in [0.29, 0.717) is 64.2 Å². The number of rotatable bonds is 5. The average Bonchev–Trinajstić information content (AvgIpc) is 3.39. The first-order valence-corrected chi connectivity index (χ1v) is 13.5. The van der Waals surface area contributed by atoms with Gasteiger partial charge in [0.2, 0.25) is 0 Å². The lowest BCUT2D eigenvalue weighted by Gasteiger charge is -2.40. The van der Waals surface area contributed by atoms with Crippen LogP contribution in [-0.4, -0.2) is 36.0 Å². The Bertz CT molecular complexity index is 1680. The van der Waals surface area contributed by atoms with Crippen LogP contribution in [0.1, 0.15) is 52.5 Å². The minimum Gasteiger partial charge on any atom is -0.497 e. The number of benzene rings is 3. The minimum atomic E-state index is -1.85. The smallest absolute Gasteiger partial charge is 0.257 e. The Labute approximate surface area is 231 Å². The fourth-order valence-electron chi connectivity index (χ4n) is 6.92. The highest BCUT2D eigenvalue weighted by atomic mass is 16.5. The maximum atomic E-state index is 14.4. The predicted molar refractivity (Wildman–Crippen MR) is 148 cm³/mol. The summed E-state index contributed by atoms with van der Waals surface area (Å²) in [5.41, 5.74) is -0.748. The van der Waals surface area contributed by atoms with Gasteiger partial charge in [0.05, 0.1) is 44.1 Å². The van der Waals surface area contributed by atoms with Crippen molar-refractivity contribution in [1.29, 1.82) is 0 Å². The van der Waals surface area contributed by atoms with E-state index in [-0.39, 0.29) is 5.56 Å². The average molecular weight is 539 g/mol. The van der Waals surface area contributed by atoms with Crippen LogP contribution in [0.25, 0.3) is 0 Å². The molecule has 1 aromatic heterocycles. The zero-order chi connectivity index (χ0) is 27.6. The third kappa shape index (κ3) is 3.05. The van der Waals surface area contributed by atoms with E-state index in [1.165, 1.54) is 0 Å². The number of nitrogens with zero attached hydrogens (tertiary/aromatic N) is 2. The molecule has 3 atom stereocenters. The van der Waals surface area contributed by atoms with Crippen molar-refractivity contribution >= 4 is 0 Å². The van der Waals surface area contributed by atoms with Crippen molar-refractivity contribution in [1.82, 2.24) is 9.55 Å². The summed E-state index contributed by atoms with van der Waals surface area (Å²) >= 11 is 0. The van der Waals surface area contributed by atoms with E-state index < -0.39 is 17.1 Å². The van der Waals surface area contributed by atoms with Crippen molar-refractivity contribution in [2.75, 3.05) is 21.3 Å². The maximum Gasteiger partial charge on any atom is 0.257 e. The Kier molecular flexibility index (Phi) is 5.47. The zero-order valence-corrected chi connectivity index (χ0v) is 22.6. The molecule has 3 aliphatic rings. The molecule has 0 amide bonds. The van der Waals surface area contributed by atoms with Gasteiger partial charge in [0.1, 0.15) is 28.8 Å². The summed E-state index contributed by atoms with van der Waals surface area (Å²) in [4.78, 5) is 19.5. The van der Waals surface area contributed by atoms with Gasteiger partial charge in [-0.15, -0.1) is 0 Å². The first-order valence-electron chi connectivity index (χ1n) is 13.5. The monoisotopic (exact) mass is 538 g/mol. The van der Waals surface area contributed by atoms with Gasteiger partial charge in [-0.3, -0.25) is 9.36 Å². The lowest BCUT2D eigenvalue weighted by atomic mass is 9.70. The second-order valence-electron chi connectivity index (χ2n) is 10.5. The highest BCUT2D eigenvalue weighted by molar-refractivity contribution is 5.68. The van der Waals surface area contributed by atoms with Gasteiger partial charge in [-0.1, -0.05) is 42.5 Å². The first-order chi connectivity index (χ1) is 19.5. The van der Waals surface area contributed by atoms with Crippen LogP contribution in [0, 0.1) is 0 Å². The summed E-state index contributed by atoms with van der Waals surface area (Å²) in [7, 11) is 4.73. The Morgan fingerprint density at radius 1 is 0.950 bits per heavy atom. The predicted octanol–water partition coefficient (Wildman–Crippen LogP) is 4.27. The minimum absolute atomic E-state index is 0.137. The van der Waals surface area contributed by atoms with E-state index in [9.17, 15) is 9.90 Å². The standard InChI is InChI=1S/C32H30N2O6/c1-37-21-14-12-20(13-15-21)32-27(19-9-5-4-6-10-19)26-29(33-25-11-7-8-16-34(25)30(26)35)31(32,36)28-23(39-3)17-22(38-2)18-24(28)40-32/h4-6,9-10,12-15,17-18,27,36H,7-8,11,16H2,1-3H3. The van der Waals surface area contributed by atoms with Crippen LogP contribution in [0.4, 0.5) is 0 Å². The molecule has 0 radical (unpaired) electrons. The van der Waals surface area contributed by atoms with E-state index in [1.807, 2.05) is 54.6 Å². The molecule has 3 heterocycles. The number of aromatic nitrogens is 2. The molecule has 0 saturated heterocycles. The van der Waals surface area contributed by atoms with Crippen LogP contribution in [0.3, 0.4) is 0 Å². The van der Waals surface area contributed by atoms with Gasteiger partial charge in [0.15, 0.2) is 11.2 Å². The molecule has 2 aliphatic heterocycles. The molecule has 0 bridgehead atoms. The second kappa shape index (κ2) is 8.86. The van der Waals surface area contributed by atoms with E-state index in [2.05, 4.69) is 0 Å². The molecule has 8 heteroatoms. The number of fused-ring (bicyclic) bond motifs is 6. The van der Waals surface area contributed by atoms with Crippen molar-refractivity contribution in [2.24, 2.45) is 0 Å². The molecule has 1 N–H and O–H groups in total. The van der Waals surface area contributed by atoms with Crippen molar-refractivity contribution in [2.45, 2.75) is 42.9 Å². The number of aryl methyl sites for hydroxylation is 1. The lowest BCUT2D eigenvalue weighted by Crippen LogP contribution is -2.49. The molecule has 40 heavy (non-hydrogen) atoms. The molecule has 7 rings (SSSR count). The van der Waals surface area contributed by atoms with Gasteiger partial charge < -0.3 is 24.1 Å². The van der Waals surface area contributed by atoms with Gasteiger partial charge >= 0.3 is 0 Å². The number of ether oxygens (including phenoxy) is 4. The van der Waals surface area contributed by atoms with Crippen LogP contribution in [0.15, 0.2) is 71.5 Å². The molecule has 0 spiro atoms. The van der Waals surface area contributed by atoms with E-state index in [1.54, 1.807) is 38.0 Å². The summed E-state index contributed by atoms with van der Waals surface area (Å²) in [5.74, 6) is 2.01. The summed E-state index contributed by atoms with van der Waals surface area (Å²) in [6.07, 6.45) is 2.50. The second-order valence-corrected chi connectivity index (χ2v) is 10.5. The third-order valence-corrected chi connectivity index (χ3v) is 8.67. The molecule has 8 nitrogen and oxygen atoms in total. The fourth-order valence-corrected chi connectivity index (χ4v) is 6.92. The summed E-state index contributed by atoms with van der Waals surface area (Å²) in [6, 6.07) is 20.7. The van der Waals surface area contributed by atoms with E-state index in [4.69, 9.17) is 23.9 Å². The molecule has 0 fully saturated rings. The van der Waals surface area contributed by atoms with Crippen LogP contribution in [0.2, 0.25) is 0 Å². The Hall–Kier alpha value is -4.30. The largest absolute Gasteiger partial charge is 0.497 e. The molecular formula is C32H30N2O6. The quantitative estimate of drug-likeness (QED) is 0.406. The Morgan fingerprint density at radius 2 is 1.70 bits per heavy atom. The molecule has 1 aliphatic carbocycles. The topological polar surface area (TPSA) is 92.0 Å². The zero-order valence-electron chi connectivity index (χ0n) is 22.6. The highest BCUT2D eigenvalue weighted by Gasteiger charge is 2.74. The van der Waals surface area contributed by atoms with E-state index >= 15 is 0 Å². The number of methoxy groups -OCH3 is 3. The third-order valence-electron chi connectivity index (χ3n) is 8.67. The molecule has 4 aromatic rings. The highest BCUT2D eigenvalue weighted by Crippen LogP contribution is 2.69. The lowest BCUT2D eigenvalue weighted by molar-refractivity contribution is -0.0910. The van der Waals surface area contributed by atoms with Gasteiger partial charge in [-0.05, 0) is 30.5 Å². The van der Waals surface area contributed by atoms with Gasteiger partial charge in [0.25, 0.3) is 5.56 Å². The van der Waals surface area contributed by atoms with Gasteiger partial charge in [-0.25, -0.2) is 4.98 Å². The van der Waals surface area contributed by atoms with E-state index in [0.717, 1.165) is 18.4 Å². The summed E-state index contributed by atoms with van der Waals surface area (Å²) in [6.45, 7) is 0.599.